The van der Waals surface area contributed by atoms with Crippen molar-refractivity contribution in [2.24, 2.45) is 0 Å². The van der Waals surface area contributed by atoms with Gasteiger partial charge in [0.05, 0.1) is 7.11 Å². The fraction of sp³-hybridized carbons (Fsp3) is 0.588. The lowest BCUT2D eigenvalue weighted by Crippen LogP contribution is -2.47. The first-order valence-electron chi connectivity index (χ1n) is 7.94. The Balaban J connectivity index is 1.82. The third kappa shape index (κ3) is 4.45. The quantitative estimate of drug-likeness (QED) is 0.865. The molecule has 0 aliphatic carbocycles. The third-order valence-electron chi connectivity index (χ3n) is 4.41. The second-order valence-corrected chi connectivity index (χ2v) is 5.81. The zero-order chi connectivity index (χ0) is 15.9. The van der Waals surface area contributed by atoms with Crippen molar-refractivity contribution in [3.05, 3.63) is 29.8 Å². The molecule has 0 bridgehead atoms. The number of hydrogen-bond donors (Lipinski definition) is 1. The number of rotatable bonds is 6. The zero-order valence-electron chi connectivity index (χ0n) is 13.8. The first-order valence-corrected chi connectivity index (χ1v) is 7.94. The average Bonchev–Trinajstić information content (AvgIpc) is 2.59. The number of carbonyl (C=O) groups excluding carboxylic acids is 1. The molecule has 22 heavy (non-hydrogen) atoms. The maximum absolute atomic E-state index is 12.2. The van der Waals surface area contributed by atoms with Gasteiger partial charge in [-0.05, 0) is 31.7 Å². The van der Waals surface area contributed by atoms with Gasteiger partial charge in [-0.2, -0.15) is 0 Å². The molecule has 1 N–H and O–H groups in total. The van der Waals surface area contributed by atoms with Crippen molar-refractivity contribution in [2.75, 3.05) is 46.9 Å². The van der Waals surface area contributed by atoms with Gasteiger partial charge in [0.1, 0.15) is 5.75 Å². The fourth-order valence-corrected chi connectivity index (χ4v) is 2.67. The fourth-order valence-electron chi connectivity index (χ4n) is 2.67. The van der Waals surface area contributed by atoms with Crippen LogP contribution in [0.15, 0.2) is 24.3 Å². The summed E-state index contributed by atoms with van der Waals surface area (Å²) in [6.07, 6.45) is 0.580. The monoisotopic (exact) mass is 305 g/mol. The van der Waals surface area contributed by atoms with Crippen LogP contribution in [0.2, 0.25) is 0 Å². The van der Waals surface area contributed by atoms with Gasteiger partial charge in [-0.1, -0.05) is 12.1 Å². The summed E-state index contributed by atoms with van der Waals surface area (Å²) in [5.41, 5.74) is 1.23. The molecule has 0 saturated carbocycles. The summed E-state index contributed by atoms with van der Waals surface area (Å²) in [6.45, 7) is 6.41. The van der Waals surface area contributed by atoms with Crippen molar-refractivity contribution >= 4 is 5.91 Å². The molecule has 5 heteroatoms. The molecule has 2 rings (SSSR count). The normalized spacial score (nSPS) is 16.6. The van der Waals surface area contributed by atoms with E-state index in [1.54, 1.807) is 7.11 Å². The van der Waals surface area contributed by atoms with Crippen LogP contribution in [0.1, 0.15) is 24.9 Å². The smallest absolute Gasteiger partial charge is 0.223 e. The Hall–Kier alpha value is -1.59. The lowest BCUT2D eigenvalue weighted by Gasteiger charge is -2.29. The second kappa shape index (κ2) is 8.15. The number of piperazine rings is 1. The van der Waals surface area contributed by atoms with Crippen LogP contribution < -0.4 is 10.1 Å². The number of nitrogens with zero attached hydrogens (tertiary/aromatic N) is 2. The van der Waals surface area contributed by atoms with Crippen molar-refractivity contribution in [1.82, 2.24) is 15.1 Å². The van der Waals surface area contributed by atoms with E-state index in [1.165, 1.54) is 5.56 Å². The minimum absolute atomic E-state index is 0.260. The topological polar surface area (TPSA) is 44.8 Å². The van der Waals surface area contributed by atoms with Crippen LogP contribution in [0.3, 0.4) is 0 Å². The Bertz CT molecular complexity index is 469. The lowest BCUT2D eigenvalue weighted by atomic mass is 10.1. The zero-order valence-corrected chi connectivity index (χ0v) is 13.8. The summed E-state index contributed by atoms with van der Waals surface area (Å²) < 4.78 is 5.19. The van der Waals surface area contributed by atoms with Crippen molar-refractivity contribution in [3.8, 4) is 5.75 Å². The number of amides is 1. The molecule has 1 aromatic carbocycles. The van der Waals surface area contributed by atoms with Crippen molar-refractivity contribution < 1.29 is 9.53 Å². The van der Waals surface area contributed by atoms with Gasteiger partial charge >= 0.3 is 0 Å². The van der Waals surface area contributed by atoms with Crippen LogP contribution in [0, 0.1) is 0 Å². The SMILES string of the molecule is COc1ccc(C(C)N(C)CCC(=O)N2CCNCC2)cc1. The Labute approximate surface area is 133 Å². The summed E-state index contributed by atoms with van der Waals surface area (Å²) >= 11 is 0. The molecule has 1 amide bonds. The highest BCUT2D eigenvalue weighted by molar-refractivity contribution is 5.76. The predicted octanol–water partition coefficient (Wildman–Crippen LogP) is 1.51. The van der Waals surface area contributed by atoms with Crippen LogP contribution in [-0.4, -0.2) is 62.6 Å². The first-order chi connectivity index (χ1) is 10.6. The molecular formula is C17H27N3O2. The Morgan fingerprint density at radius 3 is 2.55 bits per heavy atom. The molecule has 1 aliphatic rings. The summed E-state index contributed by atoms with van der Waals surface area (Å²) in [5.74, 6) is 1.13. The maximum atomic E-state index is 12.2. The molecule has 1 atom stereocenters. The van der Waals surface area contributed by atoms with Crippen molar-refractivity contribution in [1.29, 1.82) is 0 Å². The Morgan fingerprint density at radius 2 is 1.95 bits per heavy atom. The Kier molecular flexibility index (Phi) is 6.21. The summed E-state index contributed by atoms with van der Waals surface area (Å²) in [4.78, 5) is 16.4. The summed E-state index contributed by atoms with van der Waals surface area (Å²) in [7, 11) is 3.74. The van der Waals surface area contributed by atoms with Crippen molar-refractivity contribution in [2.45, 2.75) is 19.4 Å². The molecule has 1 aromatic rings. The van der Waals surface area contributed by atoms with E-state index in [0.717, 1.165) is 38.5 Å². The molecule has 1 aliphatic heterocycles. The number of methoxy groups -OCH3 is 1. The molecule has 1 saturated heterocycles. The number of nitrogens with one attached hydrogen (secondary N) is 1. The van der Waals surface area contributed by atoms with E-state index in [-0.39, 0.29) is 11.9 Å². The highest BCUT2D eigenvalue weighted by Crippen LogP contribution is 2.21. The molecule has 1 unspecified atom stereocenters. The minimum atomic E-state index is 0.260. The molecule has 0 spiro atoms. The number of hydrogen-bond acceptors (Lipinski definition) is 4. The van der Waals surface area contributed by atoms with Crippen LogP contribution in [-0.2, 0) is 4.79 Å². The van der Waals surface area contributed by atoms with E-state index in [2.05, 4.69) is 36.3 Å². The largest absolute Gasteiger partial charge is 0.497 e. The van der Waals surface area contributed by atoms with E-state index in [4.69, 9.17) is 4.74 Å². The Morgan fingerprint density at radius 1 is 1.32 bits per heavy atom. The summed E-state index contributed by atoms with van der Waals surface area (Å²) in [6, 6.07) is 8.40. The van der Waals surface area contributed by atoms with Gasteiger partial charge in [-0.25, -0.2) is 0 Å². The second-order valence-electron chi connectivity index (χ2n) is 5.81. The molecule has 5 nitrogen and oxygen atoms in total. The van der Waals surface area contributed by atoms with Gasteiger partial charge in [0.15, 0.2) is 0 Å². The van der Waals surface area contributed by atoms with Gasteiger partial charge in [0.2, 0.25) is 5.91 Å². The van der Waals surface area contributed by atoms with E-state index >= 15 is 0 Å². The van der Waals surface area contributed by atoms with E-state index in [1.807, 2.05) is 17.0 Å². The standard InChI is InChI=1S/C17H27N3O2/c1-14(15-4-6-16(22-3)7-5-15)19(2)11-8-17(21)20-12-9-18-10-13-20/h4-7,14,18H,8-13H2,1-3H3. The lowest BCUT2D eigenvalue weighted by molar-refractivity contribution is -0.132. The number of ether oxygens (including phenoxy) is 1. The first kappa shape index (κ1) is 16.8. The van der Waals surface area contributed by atoms with E-state index in [0.29, 0.717) is 6.42 Å². The van der Waals surface area contributed by atoms with Crippen molar-refractivity contribution in [3.63, 3.8) is 0 Å². The van der Waals surface area contributed by atoms with E-state index < -0.39 is 0 Å². The highest BCUT2D eigenvalue weighted by Gasteiger charge is 2.18. The molecule has 1 heterocycles. The van der Waals surface area contributed by atoms with Gasteiger partial charge in [0.25, 0.3) is 0 Å². The molecule has 1 fully saturated rings. The third-order valence-corrected chi connectivity index (χ3v) is 4.41. The van der Waals surface area contributed by atoms with Gasteiger partial charge in [-0.15, -0.1) is 0 Å². The van der Waals surface area contributed by atoms with Crippen LogP contribution in [0.25, 0.3) is 0 Å². The number of carbonyl (C=O) groups is 1. The van der Waals surface area contributed by atoms with Crippen LogP contribution >= 0.6 is 0 Å². The average molecular weight is 305 g/mol. The van der Waals surface area contributed by atoms with Gasteiger partial charge in [-0.3, -0.25) is 9.69 Å². The van der Waals surface area contributed by atoms with Crippen LogP contribution in [0.5, 0.6) is 5.75 Å². The maximum Gasteiger partial charge on any atom is 0.223 e. The van der Waals surface area contributed by atoms with Crippen LogP contribution in [0.4, 0.5) is 0 Å². The highest BCUT2D eigenvalue weighted by atomic mass is 16.5. The number of benzene rings is 1. The minimum Gasteiger partial charge on any atom is -0.497 e. The molecule has 0 aromatic heterocycles. The molecule has 0 radical (unpaired) electrons. The van der Waals surface area contributed by atoms with Gasteiger partial charge in [0, 0.05) is 45.2 Å². The van der Waals surface area contributed by atoms with E-state index in [9.17, 15) is 4.79 Å². The molecule has 122 valence electrons. The molecular weight excluding hydrogens is 278 g/mol. The van der Waals surface area contributed by atoms with Gasteiger partial charge < -0.3 is 15.0 Å². The predicted molar refractivity (Wildman–Crippen MR) is 88.1 cm³/mol. The summed E-state index contributed by atoms with van der Waals surface area (Å²) in [5, 5.41) is 3.27.